The van der Waals surface area contributed by atoms with Crippen LogP contribution in [0.5, 0.6) is 17.2 Å². The molecule has 1 aliphatic heterocycles. The number of hydrogen-bond acceptors (Lipinski definition) is 4. The zero-order valence-electron chi connectivity index (χ0n) is 17.4. The summed E-state index contributed by atoms with van der Waals surface area (Å²) in [6.07, 6.45) is 6.28. The molecule has 0 N–H and O–H groups in total. The lowest BCUT2D eigenvalue weighted by molar-refractivity contribution is -0.125. The number of rotatable bonds is 6. The van der Waals surface area contributed by atoms with Crippen molar-refractivity contribution >= 4 is 17.6 Å². The van der Waals surface area contributed by atoms with Gasteiger partial charge in [-0.2, -0.15) is 0 Å². The summed E-state index contributed by atoms with van der Waals surface area (Å²) in [7, 11) is 4.88. The van der Waals surface area contributed by atoms with Crippen molar-refractivity contribution in [3.8, 4) is 17.2 Å². The number of methoxy groups -OCH3 is 3. The summed E-state index contributed by atoms with van der Waals surface area (Å²) in [6.45, 7) is 3.23. The van der Waals surface area contributed by atoms with Crippen LogP contribution in [0.2, 0.25) is 0 Å². The summed E-state index contributed by atoms with van der Waals surface area (Å²) in [4.78, 5) is 14.4. The molecule has 0 fully saturated rings. The van der Waals surface area contributed by atoms with Crippen LogP contribution in [-0.4, -0.2) is 45.2 Å². The quantitative estimate of drug-likeness (QED) is 0.685. The Morgan fingerprint density at radius 2 is 1.66 bits per heavy atom. The summed E-state index contributed by atoms with van der Waals surface area (Å²) in [5.74, 6) is 2.09. The normalized spacial score (nSPS) is 13.9. The highest BCUT2D eigenvalue weighted by molar-refractivity contribution is 5.92. The molecule has 5 nitrogen and oxygen atoms in total. The second kappa shape index (κ2) is 9.32. The van der Waals surface area contributed by atoms with Gasteiger partial charge in [0.2, 0.25) is 5.91 Å². The zero-order valence-corrected chi connectivity index (χ0v) is 17.4. The van der Waals surface area contributed by atoms with Crippen LogP contribution < -0.4 is 14.2 Å². The number of carbonyl (C=O) groups excluding carboxylic acids is 1. The lowest BCUT2D eigenvalue weighted by Crippen LogP contribution is -2.33. The van der Waals surface area contributed by atoms with Crippen molar-refractivity contribution < 1.29 is 19.0 Å². The predicted molar refractivity (Wildman–Crippen MR) is 115 cm³/mol. The summed E-state index contributed by atoms with van der Waals surface area (Å²) >= 11 is 0. The van der Waals surface area contributed by atoms with Gasteiger partial charge in [0.25, 0.3) is 0 Å². The van der Waals surface area contributed by atoms with Gasteiger partial charge in [-0.05, 0) is 30.6 Å². The molecule has 1 amide bonds. The molecule has 0 unspecified atom stereocenters. The molecule has 0 spiro atoms. The monoisotopic (exact) mass is 393 g/mol. The van der Waals surface area contributed by atoms with Crippen molar-refractivity contribution in [2.75, 3.05) is 34.4 Å². The predicted octanol–water partition coefficient (Wildman–Crippen LogP) is 4.35. The SMILES string of the molecule is COc1cc(OC)c(C2=CCN(C(=O)/C=C/c3ccc(C)cc3)CC2)c(OC)c1. The topological polar surface area (TPSA) is 48.0 Å². The lowest BCUT2D eigenvalue weighted by Gasteiger charge is -2.27. The minimum atomic E-state index is 0.00883. The highest BCUT2D eigenvalue weighted by atomic mass is 16.5. The van der Waals surface area contributed by atoms with Crippen LogP contribution in [0.15, 0.2) is 48.6 Å². The van der Waals surface area contributed by atoms with Crippen molar-refractivity contribution in [2.24, 2.45) is 0 Å². The van der Waals surface area contributed by atoms with Gasteiger partial charge in [-0.1, -0.05) is 35.9 Å². The zero-order chi connectivity index (χ0) is 20.8. The Bertz CT molecular complexity index is 903. The first kappa shape index (κ1) is 20.5. The average Bonchev–Trinajstić information content (AvgIpc) is 2.77. The maximum Gasteiger partial charge on any atom is 0.246 e. The number of amides is 1. The molecule has 29 heavy (non-hydrogen) atoms. The molecule has 0 aliphatic carbocycles. The standard InChI is InChI=1S/C24H27NO4/c1-17-5-7-18(8-6-17)9-10-23(26)25-13-11-19(12-14-25)24-21(28-3)15-20(27-2)16-22(24)29-4/h5-11,15-16H,12-14H2,1-4H3/b10-9+. The van der Waals surface area contributed by atoms with Crippen LogP contribution in [0.25, 0.3) is 11.6 Å². The van der Waals surface area contributed by atoms with E-state index in [-0.39, 0.29) is 5.91 Å². The van der Waals surface area contributed by atoms with Crippen LogP contribution in [0, 0.1) is 6.92 Å². The van der Waals surface area contributed by atoms with E-state index in [9.17, 15) is 4.79 Å². The van der Waals surface area contributed by atoms with E-state index >= 15 is 0 Å². The van der Waals surface area contributed by atoms with Gasteiger partial charge in [-0.15, -0.1) is 0 Å². The molecule has 0 atom stereocenters. The van der Waals surface area contributed by atoms with Gasteiger partial charge in [0, 0.05) is 31.3 Å². The first-order valence-corrected chi connectivity index (χ1v) is 9.58. The fourth-order valence-electron chi connectivity index (χ4n) is 3.37. The van der Waals surface area contributed by atoms with Gasteiger partial charge >= 0.3 is 0 Å². The van der Waals surface area contributed by atoms with E-state index in [0.717, 1.165) is 23.1 Å². The van der Waals surface area contributed by atoms with Gasteiger partial charge < -0.3 is 19.1 Å². The maximum absolute atomic E-state index is 12.6. The van der Waals surface area contributed by atoms with Gasteiger partial charge in [0.05, 0.1) is 26.9 Å². The highest BCUT2D eigenvalue weighted by Crippen LogP contribution is 2.40. The molecule has 0 radical (unpaired) electrons. The number of aryl methyl sites for hydroxylation is 1. The Hall–Kier alpha value is -3.21. The molecule has 1 heterocycles. The van der Waals surface area contributed by atoms with E-state index in [0.29, 0.717) is 30.3 Å². The van der Waals surface area contributed by atoms with E-state index in [1.165, 1.54) is 5.56 Å². The third-order valence-electron chi connectivity index (χ3n) is 5.05. The molecule has 2 aromatic carbocycles. The molecule has 0 saturated carbocycles. The summed E-state index contributed by atoms with van der Waals surface area (Å²) < 4.78 is 16.4. The van der Waals surface area contributed by atoms with Crippen molar-refractivity contribution in [3.63, 3.8) is 0 Å². The molecule has 0 bridgehead atoms. The van der Waals surface area contributed by atoms with E-state index < -0.39 is 0 Å². The molecular formula is C24H27NO4. The Morgan fingerprint density at radius 3 is 2.17 bits per heavy atom. The molecular weight excluding hydrogens is 366 g/mol. The van der Waals surface area contributed by atoms with Gasteiger partial charge in [0.1, 0.15) is 17.2 Å². The minimum absolute atomic E-state index is 0.00883. The third kappa shape index (κ3) is 4.80. The van der Waals surface area contributed by atoms with E-state index in [2.05, 4.69) is 6.08 Å². The van der Waals surface area contributed by atoms with Crippen molar-refractivity contribution in [3.05, 3.63) is 65.2 Å². The van der Waals surface area contributed by atoms with Gasteiger partial charge in [-0.25, -0.2) is 0 Å². The first-order valence-electron chi connectivity index (χ1n) is 9.58. The molecule has 2 aromatic rings. The van der Waals surface area contributed by atoms with Crippen LogP contribution >= 0.6 is 0 Å². The molecule has 152 valence electrons. The Labute approximate surface area is 172 Å². The Kier molecular flexibility index (Phi) is 6.60. The summed E-state index contributed by atoms with van der Waals surface area (Å²) in [6, 6.07) is 11.8. The minimum Gasteiger partial charge on any atom is -0.496 e. The fraction of sp³-hybridized carbons (Fsp3) is 0.292. The molecule has 0 aromatic heterocycles. The van der Waals surface area contributed by atoms with E-state index in [1.54, 1.807) is 27.4 Å². The third-order valence-corrected chi connectivity index (χ3v) is 5.05. The van der Waals surface area contributed by atoms with Gasteiger partial charge in [0.15, 0.2) is 0 Å². The molecule has 1 aliphatic rings. The summed E-state index contributed by atoms with van der Waals surface area (Å²) in [5.41, 5.74) is 4.24. The van der Waals surface area contributed by atoms with Crippen molar-refractivity contribution in [1.29, 1.82) is 0 Å². The van der Waals surface area contributed by atoms with Crippen LogP contribution in [0.4, 0.5) is 0 Å². The van der Waals surface area contributed by atoms with E-state index in [4.69, 9.17) is 14.2 Å². The van der Waals surface area contributed by atoms with E-state index in [1.807, 2.05) is 54.3 Å². The number of nitrogens with zero attached hydrogens (tertiary/aromatic N) is 1. The summed E-state index contributed by atoms with van der Waals surface area (Å²) in [5, 5.41) is 0. The second-order valence-electron chi connectivity index (χ2n) is 6.91. The highest BCUT2D eigenvalue weighted by Gasteiger charge is 2.22. The number of hydrogen-bond donors (Lipinski definition) is 0. The maximum atomic E-state index is 12.6. The first-order chi connectivity index (χ1) is 14.0. The number of carbonyl (C=O) groups is 1. The van der Waals surface area contributed by atoms with Crippen LogP contribution in [-0.2, 0) is 4.79 Å². The second-order valence-corrected chi connectivity index (χ2v) is 6.91. The fourth-order valence-corrected chi connectivity index (χ4v) is 3.37. The number of benzene rings is 2. The largest absolute Gasteiger partial charge is 0.496 e. The average molecular weight is 393 g/mol. The Morgan fingerprint density at radius 1 is 1.00 bits per heavy atom. The number of ether oxygens (including phenoxy) is 3. The molecule has 5 heteroatoms. The smallest absolute Gasteiger partial charge is 0.246 e. The van der Waals surface area contributed by atoms with Gasteiger partial charge in [-0.3, -0.25) is 4.79 Å². The van der Waals surface area contributed by atoms with Crippen LogP contribution in [0.3, 0.4) is 0 Å². The van der Waals surface area contributed by atoms with Crippen LogP contribution in [0.1, 0.15) is 23.1 Å². The molecule has 3 rings (SSSR count). The Balaban J connectivity index is 1.75. The molecule has 0 saturated heterocycles. The lowest BCUT2D eigenvalue weighted by atomic mass is 9.97. The van der Waals surface area contributed by atoms with Crippen molar-refractivity contribution in [1.82, 2.24) is 4.90 Å². The van der Waals surface area contributed by atoms with Crippen molar-refractivity contribution in [2.45, 2.75) is 13.3 Å².